The lowest BCUT2D eigenvalue weighted by Gasteiger charge is -2.20. The third-order valence-corrected chi connectivity index (χ3v) is 3.57. The maximum atomic E-state index is 11.9. The van der Waals surface area contributed by atoms with Crippen LogP contribution in [-0.2, 0) is 12.8 Å². The first kappa shape index (κ1) is 10.8. The summed E-state index contributed by atoms with van der Waals surface area (Å²) in [6.07, 6.45) is 4.01. The van der Waals surface area contributed by atoms with Crippen LogP contribution < -0.4 is 15.8 Å². The first-order valence-electron chi connectivity index (χ1n) is 6.42. The largest absolute Gasteiger partial charge is 0.341 e. The van der Waals surface area contributed by atoms with Crippen molar-refractivity contribution in [3.8, 4) is 0 Å². The van der Waals surface area contributed by atoms with Crippen molar-refractivity contribution in [2.24, 2.45) is 0 Å². The van der Waals surface area contributed by atoms with Crippen molar-refractivity contribution in [2.45, 2.75) is 25.7 Å². The molecule has 1 aliphatic heterocycles. The Hall–Kier alpha value is -1.36. The summed E-state index contributed by atoms with van der Waals surface area (Å²) < 4.78 is 0. The Bertz CT molecular complexity index is 460. The Morgan fingerprint density at radius 2 is 2.06 bits per heavy atom. The lowest BCUT2D eigenvalue weighted by Crippen LogP contribution is -2.31. The number of hydrogen-bond donors (Lipinski definition) is 2. The number of fused-ring (bicyclic) bond motifs is 1. The zero-order valence-electron chi connectivity index (χ0n) is 9.96. The van der Waals surface area contributed by atoms with E-state index in [-0.39, 0.29) is 5.56 Å². The van der Waals surface area contributed by atoms with Gasteiger partial charge in [0.15, 0.2) is 0 Å². The highest BCUT2D eigenvalue weighted by atomic mass is 16.1. The predicted molar refractivity (Wildman–Crippen MR) is 66.6 cm³/mol. The van der Waals surface area contributed by atoms with Crippen molar-refractivity contribution in [1.29, 1.82) is 0 Å². The molecule has 0 unspecified atom stereocenters. The monoisotopic (exact) mass is 234 g/mol. The minimum Gasteiger partial charge on any atom is -0.341 e. The van der Waals surface area contributed by atoms with Crippen LogP contribution in [0.2, 0.25) is 0 Å². The fourth-order valence-corrected chi connectivity index (χ4v) is 2.64. The molecule has 1 saturated heterocycles. The molecule has 1 aromatic heterocycles. The predicted octanol–water partition coefficient (Wildman–Crippen LogP) is 0.0583. The van der Waals surface area contributed by atoms with Gasteiger partial charge in [0.05, 0.1) is 5.69 Å². The fraction of sp³-hybridized carbons (Fsp3) is 0.667. The molecule has 1 fully saturated rings. The third-order valence-electron chi connectivity index (χ3n) is 3.57. The van der Waals surface area contributed by atoms with E-state index >= 15 is 0 Å². The van der Waals surface area contributed by atoms with Crippen LogP contribution in [0.25, 0.3) is 0 Å². The molecule has 2 heterocycles. The number of hydrogen-bond acceptors (Lipinski definition) is 4. The van der Waals surface area contributed by atoms with Crippen LogP contribution in [-0.4, -0.2) is 36.1 Å². The van der Waals surface area contributed by atoms with Crippen molar-refractivity contribution >= 4 is 5.95 Å². The molecule has 2 N–H and O–H groups in total. The van der Waals surface area contributed by atoms with Crippen LogP contribution in [0, 0.1) is 0 Å². The molecule has 0 saturated carbocycles. The first-order valence-corrected chi connectivity index (χ1v) is 6.42. The van der Waals surface area contributed by atoms with Crippen LogP contribution >= 0.6 is 0 Å². The second-order valence-corrected chi connectivity index (χ2v) is 4.76. The molecule has 0 bridgehead atoms. The zero-order chi connectivity index (χ0) is 11.7. The third kappa shape index (κ3) is 2.07. The molecule has 0 atom stereocenters. The topological polar surface area (TPSA) is 61.0 Å². The van der Waals surface area contributed by atoms with Crippen LogP contribution in [0.5, 0.6) is 0 Å². The van der Waals surface area contributed by atoms with Crippen LogP contribution in [0.15, 0.2) is 4.79 Å². The second-order valence-electron chi connectivity index (χ2n) is 4.76. The highest BCUT2D eigenvalue weighted by Crippen LogP contribution is 2.18. The Balaban J connectivity index is 1.92. The molecule has 92 valence electrons. The molecule has 5 nitrogen and oxygen atoms in total. The van der Waals surface area contributed by atoms with Gasteiger partial charge in [0.1, 0.15) is 0 Å². The average molecular weight is 234 g/mol. The van der Waals surface area contributed by atoms with E-state index in [1.54, 1.807) is 0 Å². The van der Waals surface area contributed by atoms with Crippen molar-refractivity contribution in [2.75, 3.05) is 31.1 Å². The van der Waals surface area contributed by atoms with Crippen LogP contribution in [0.4, 0.5) is 5.95 Å². The van der Waals surface area contributed by atoms with Gasteiger partial charge in [-0.1, -0.05) is 0 Å². The highest BCUT2D eigenvalue weighted by molar-refractivity contribution is 5.35. The summed E-state index contributed by atoms with van der Waals surface area (Å²) in [5, 5.41) is 3.35. The Labute approximate surface area is 100 Å². The molecule has 0 spiro atoms. The summed E-state index contributed by atoms with van der Waals surface area (Å²) in [5.41, 5.74) is 1.99. The Morgan fingerprint density at radius 3 is 3.00 bits per heavy atom. The SMILES string of the molecule is O=c1[nH]c(N2CCCNCC2)nc2c1CCC2. The van der Waals surface area contributed by atoms with Gasteiger partial charge < -0.3 is 10.2 Å². The molecule has 3 rings (SSSR count). The first-order chi connectivity index (χ1) is 8.34. The number of aryl methyl sites for hydroxylation is 1. The zero-order valence-corrected chi connectivity index (χ0v) is 9.96. The lowest BCUT2D eigenvalue weighted by molar-refractivity contribution is 0.724. The standard InChI is InChI=1S/C12H18N4O/c17-11-9-3-1-4-10(9)14-12(15-11)16-7-2-5-13-6-8-16/h13H,1-8H2,(H,14,15,17). The number of anilines is 1. The summed E-state index contributed by atoms with van der Waals surface area (Å²) in [4.78, 5) is 21.7. The molecule has 17 heavy (non-hydrogen) atoms. The van der Waals surface area contributed by atoms with E-state index < -0.39 is 0 Å². The maximum Gasteiger partial charge on any atom is 0.255 e. The van der Waals surface area contributed by atoms with Gasteiger partial charge in [-0.3, -0.25) is 9.78 Å². The summed E-state index contributed by atoms with van der Waals surface area (Å²) in [6.45, 7) is 3.89. The quantitative estimate of drug-likeness (QED) is 0.721. The molecule has 5 heteroatoms. The summed E-state index contributed by atoms with van der Waals surface area (Å²) in [5.74, 6) is 0.763. The van der Waals surface area contributed by atoms with E-state index in [0.717, 1.165) is 69.1 Å². The highest BCUT2D eigenvalue weighted by Gasteiger charge is 2.19. The number of nitrogens with zero attached hydrogens (tertiary/aromatic N) is 2. The summed E-state index contributed by atoms with van der Waals surface area (Å²) in [7, 11) is 0. The fourth-order valence-electron chi connectivity index (χ4n) is 2.64. The smallest absolute Gasteiger partial charge is 0.255 e. The Morgan fingerprint density at radius 1 is 1.12 bits per heavy atom. The minimum absolute atomic E-state index is 0.0692. The van der Waals surface area contributed by atoms with E-state index in [0.29, 0.717) is 0 Å². The number of rotatable bonds is 1. The van der Waals surface area contributed by atoms with E-state index in [1.807, 2.05) is 0 Å². The van der Waals surface area contributed by atoms with E-state index in [2.05, 4.69) is 20.2 Å². The number of aromatic nitrogens is 2. The van der Waals surface area contributed by atoms with Gasteiger partial charge in [0.25, 0.3) is 5.56 Å². The molecule has 1 aromatic rings. The normalized spacial score (nSPS) is 20.1. The summed E-state index contributed by atoms with van der Waals surface area (Å²) in [6, 6.07) is 0. The van der Waals surface area contributed by atoms with Crippen molar-refractivity contribution < 1.29 is 0 Å². The minimum atomic E-state index is 0.0692. The Kier molecular flexibility index (Phi) is 2.84. The van der Waals surface area contributed by atoms with E-state index in [9.17, 15) is 4.79 Å². The number of aromatic amines is 1. The van der Waals surface area contributed by atoms with Crippen molar-refractivity contribution in [1.82, 2.24) is 15.3 Å². The molecule has 0 aromatic carbocycles. The van der Waals surface area contributed by atoms with Gasteiger partial charge in [-0.15, -0.1) is 0 Å². The van der Waals surface area contributed by atoms with Gasteiger partial charge in [-0.25, -0.2) is 4.98 Å². The average Bonchev–Trinajstić information content (AvgIpc) is 2.63. The van der Waals surface area contributed by atoms with Crippen molar-refractivity contribution in [3.05, 3.63) is 21.6 Å². The molecule has 1 aliphatic carbocycles. The molecule has 2 aliphatic rings. The van der Waals surface area contributed by atoms with Gasteiger partial charge in [-0.05, 0) is 32.2 Å². The van der Waals surface area contributed by atoms with Gasteiger partial charge in [0.2, 0.25) is 5.95 Å². The molecular weight excluding hydrogens is 216 g/mol. The molecule has 0 radical (unpaired) electrons. The van der Waals surface area contributed by atoms with Gasteiger partial charge in [0, 0.05) is 25.2 Å². The van der Waals surface area contributed by atoms with Gasteiger partial charge >= 0.3 is 0 Å². The molecular formula is C12H18N4O. The molecule has 0 amide bonds. The van der Waals surface area contributed by atoms with E-state index in [4.69, 9.17) is 0 Å². The lowest BCUT2D eigenvalue weighted by atomic mass is 10.3. The number of H-pyrrole nitrogens is 1. The maximum absolute atomic E-state index is 11.9. The number of nitrogens with one attached hydrogen (secondary N) is 2. The van der Waals surface area contributed by atoms with Crippen molar-refractivity contribution in [3.63, 3.8) is 0 Å². The van der Waals surface area contributed by atoms with Crippen LogP contribution in [0.1, 0.15) is 24.1 Å². The summed E-state index contributed by atoms with van der Waals surface area (Å²) >= 11 is 0. The van der Waals surface area contributed by atoms with E-state index in [1.165, 1.54) is 0 Å². The van der Waals surface area contributed by atoms with Crippen LogP contribution in [0.3, 0.4) is 0 Å². The van der Waals surface area contributed by atoms with Gasteiger partial charge in [-0.2, -0.15) is 0 Å². The second kappa shape index (κ2) is 4.49.